The number of benzene rings is 1. The van der Waals surface area contributed by atoms with Gasteiger partial charge in [0.05, 0.1) is 18.4 Å². The van der Waals surface area contributed by atoms with E-state index in [0.29, 0.717) is 17.9 Å². The summed E-state index contributed by atoms with van der Waals surface area (Å²) in [7, 11) is 0. The smallest absolute Gasteiger partial charge is 0.257 e. The highest BCUT2D eigenvalue weighted by Crippen LogP contribution is 2.24. The van der Waals surface area contributed by atoms with Crippen LogP contribution in [0.5, 0.6) is 0 Å². The van der Waals surface area contributed by atoms with Gasteiger partial charge in [-0.15, -0.1) is 0 Å². The first-order valence-corrected chi connectivity index (χ1v) is 10.1. The molecule has 4 rings (SSSR count). The third kappa shape index (κ3) is 4.96. The van der Waals surface area contributed by atoms with Gasteiger partial charge in [-0.2, -0.15) is 0 Å². The molecule has 2 N–H and O–H groups in total. The zero-order chi connectivity index (χ0) is 20.1. The molecule has 6 heteroatoms. The van der Waals surface area contributed by atoms with E-state index < -0.39 is 0 Å². The van der Waals surface area contributed by atoms with Crippen LogP contribution in [0.15, 0.2) is 65.4 Å². The summed E-state index contributed by atoms with van der Waals surface area (Å²) in [5.74, 6) is 2.16. The third-order valence-electron chi connectivity index (χ3n) is 5.32. The molecule has 1 saturated heterocycles. The van der Waals surface area contributed by atoms with Gasteiger partial charge >= 0.3 is 0 Å². The second-order valence-electron chi connectivity index (χ2n) is 7.54. The van der Waals surface area contributed by atoms with Gasteiger partial charge in [0.25, 0.3) is 5.91 Å². The number of hydrogen-bond acceptors (Lipinski definition) is 5. The van der Waals surface area contributed by atoms with Crippen molar-refractivity contribution in [2.75, 3.05) is 28.6 Å². The van der Waals surface area contributed by atoms with E-state index in [1.165, 1.54) is 18.5 Å². The SMILES string of the molecule is CC1CCN(c2ccc(NC(=O)c3ccc(NCc4ccco4)nc3)cc2)CC1. The monoisotopic (exact) mass is 390 g/mol. The lowest BCUT2D eigenvalue weighted by Crippen LogP contribution is -2.32. The van der Waals surface area contributed by atoms with Crippen molar-refractivity contribution in [1.29, 1.82) is 0 Å². The van der Waals surface area contributed by atoms with Crippen LogP contribution >= 0.6 is 0 Å². The highest BCUT2D eigenvalue weighted by atomic mass is 16.3. The number of pyridine rings is 1. The zero-order valence-electron chi connectivity index (χ0n) is 16.6. The summed E-state index contributed by atoms with van der Waals surface area (Å²) in [4.78, 5) is 19.2. The molecular formula is C23H26N4O2. The van der Waals surface area contributed by atoms with E-state index in [9.17, 15) is 4.79 Å². The molecule has 0 atom stereocenters. The van der Waals surface area contributed by atoms with Crippen molar-refractivity contribution in [2.24, 2.45) is 5.92 Å². The van der Waals surface area contributed by atoms with Crippen LogP contribution in [0, 0.1) is 5.92 Å². The van der Waals surface area contributed by atoms with Gasteiger partial charge in [-0.25, -0.2) is 4.98 Å². The Labute approximate surface area is 170 Å². The molecule has 2 aromatic heterocycles. The summed E-state index contributed by atoms with van der Waals surface area (Å²) < 4.78 is 5.28. The molecule has 0 bridgehead atoms. The van der Waals surface area contributed by atoms with Crippen LogP contribution in [0.25, 0.3) is 0 Å². The van der Waals surface area contributed by atoms with Crippen molar-refractivity contribution in [1.82, 2.24) is 4.98 Å². The van der Waals surface area contributed by atoms with Crippen LogP contribution in [-0.4, -0.2) is 24.0 Å². The van der Waals surface area contributed by atoms with E-state index in [1.54, 1.807) is 24.6 Å². The molecule has 1 aliphatic heterocycles. The van der Waals surface area contributed by atoms with E-state index in [2.05, 4.69) is 39.6 Å². The van der Waals surface area contributed by atoms with Crippen LogP contribution < -0.4 is 15.5 Å². The lowest BCUT2D eigenvalue weighted by molar-refractivity contribution is 0.102. The summed E-state index contributed by atoms with van der Waals surface area (Å²) in [5.41, 5.74) is 2.51. The van der Waals surface area contributed by atoms with Crippen molar-refractivity contribution in [3.63, 3.8) is 0 Å². The van der Waals surface area contributed by atoms with Gasteiger partial charge in [-0.05, 0) is 67.3 Å². The number of carbonyl (C=O) groups excluding carboxylic acids is 1. The highest BCUT2D eigenvalue weighted by molar-refractivity contribution is 6.04. The maximum absolute atomic E-state index is 12.5. The van der Waals surface area contributed by atoms with E-state index in [0.717, 1.165) is 30.5 Å². The molecule has 1 aromatic carbocycles. The van der Waals surface area contributed by atoms with Gasteiger partial charge in [-0.3, -0.25) is 4.79 Å². The molecular weight excluding hydrogens is 364 g/mol. The Hall–Kier alpha value is -3.28. The maximum atomic E-state index is 12.5. The largest absolute Gasteiger partial charge is 0.467 e. The minimum absolute atomic E-state index is 0.172. The quantitative estimate of drug-likeness (QED) is 0.634. The molecule has 1 amide bonds. The Bertz CT molecular complexity index is 913. The van der Waals surface area contributed by atoms with Gasteiger partial charge in [0.1, 0.15) is 11.6 Å². The molecule has 0 aliphatic carbocycles. The molecule has 1 fully saturated rings. The van der Waals surface area contributed by atoms with Gasteiger partial charge < -0.3 is 20.0 Å². The Morgan fingerprint density at radius 1 is 1.14 bits per heavy atom. The van der Waals surface area contributed by atoms with Crippen LogP contribution in [-0.2, 0) is 6.54 Å². The topological polar surface area (TPSA) is 70.4 Å². The first-order valence-electron chi connectivity index (χ1n) is 10.1. The van der Waals surface area contributed by atoms with Crippen LogP contribution in [0.2, 0.25) is 0 Å². The highest BCUT2D eigenvalue weighted by Gasteiger charge is 2.16. The number of furan rings is 1. The van der Waals surface area contributed by atoms with Gasteiger partial charge in [0.2, 0.25) is 0 Å². The third-order valence-corrected chi connectivity index (χ3v) is 5.32. The van der Waals surface area contributed by atoms with Gasteiger partial charge in [-0.1, -0.05) is 6.92 Å². The van der Waals surface area contributed by atoms with Crippen LogP contribution in [0.4, 0.5) is 17.2 Å². The van der Waals surface area contributed by atoms with Crippen molar-refractivity contribution in [3.05, 3.63) is 72.3 Å². The molecule has 1 aliphatic rings. The summed E-state index contributed by atoms with van der Waals surface area (Å²) in [6, 6.07) is 15.4. The molecule has 0 radical (unpaired) electrons. The Morgan fingerprint density at radius 3 is 2.59 bits per heavy atom. The average molecular weight is 390 g/mol. The average Bonchev–Trinajstić information content (AvgIpc) is 3.27. The fourth-order valence-electron chi connectivity index (χ4n) is 3.45. The molecule has 0 spiro atoms. The lowest BCUT2D eigenvalue weighted by atomic mass is 9.99. The molecule has 0 saturated carbocycles. The predicted molar refractivity (Wildman–Crippen MR) is 115 cm³/mol. The summed E-state index contributed by atoms with van der Waals surface area (Å²) in [6.45, 7) is 5.05. The Balaban J connectivity index is 1.31. The summed E-state index contributed by atoms with van der Waals surface area (Å²) in [6.07, 6.45) is 5.68. The Kier molecular flexibility index (Phi) is 5.79. The number of carbonyl (C=O) groups is 1. The van der Waals surface area contributed by atoms with Gasteiger partial charge in [0, 0.05) is 30.7 Å². The fraction of sp³-hybridized carbons (Fsp3) is 0.304. The molecule has 150 valence electrons. The van der Waals surface area contributed by atoms with E-state index in [4.69, 9.17) is 4.42 Å². The Morgan fingerprint density at radius 2 is 1.93 bits per heavy atom. The molecule has 0 unspecified atom stereocenters. The second kappa shape index (κ2) is 8.82. The summed E-state index contributed by atoms with van der Waals surface area (Å²) >= 11 is 0. The summed E-state index contributed by atoms with van der Waals surface area (Å²) in [5, 5.41) is 6.10. The van der Waals surface area contributed by atoms with Crippen molar-refractivity contribution in [2.45, 2.75) is 26.3 Å². The number of anilines is 3. The van der Waals surface area contributed by atoms with Crippen molar-refractivity contribution >= 4 is 23.1 Å². The number of hydrogen-bond donors (Lipinski definition) is 2. The zero-order valence-corrected chi connectivity index (χ0v) is 16.6. The van der Waals surface area contributed by atoms with Crippen molar-refractivity contribution < 1.29 is 9.21 Å². The van der Waals surface area contributed by atoms with Crippen LogP contribution in [0.3, 0.4) is 0 Å². The van der Waals surface area contributed by atoms with E-state index >= 15 is 0 Å². The number of nitrogens with zero attached hydrogens (tertiary/aromatic N) is 2. The van der Waals surface area contributed by atoms with Gasteiger partial charge in [0.15, 0.2) is 0 Å². The standard InChI is InChI=1S/C23H26N4O2/c1-17-10-12-27(13-11-17)20-7-5-19(6-8-20)26-23(28)18-4-9-22(24-15-18)25-16-21-3-2-14-29-21/h2-9,14-15,17H,10-13,16H2,1H3,(H,24,25)(H,26,28). The minimum atomic E-state index is -0.172. The predicted octanol–water partition coefficient (Wildman–Crippen LogP) is 4.78. The van der Waals surface area contributed by atoms with E-state index in [1.807, 2.05) is 24.3 Å². The van der Waals surface area contributed by atoms with Crippen molar-refractivity contribution in [3.8, 4) is 0 Å². The molecule has 3 heterocycles. The number of piperidine rings is 1. The first kappa shape index (κ1) is 19.1. The molecule has 6 nitrogen and oxygen atoms in total. The molecule has 29 heavy (non-hydrogen) atoms. The number of rotatable bonds is 6. The van der Waals surface area contributed by atoms with Crippen LogP contribution in [0.1, 0.15) is 35.9 Å². The number of amides is 1. The fourth-order valence-corrected chi connectivity index (χ4v) is 3.45. The number of nitrogens with one attached hydrogen (secondary N) is 2. The normalized spacial score (nSPS) is 14.6. The second-order valence-corrected chi connectivity index (χ2v) is 7.54. The van der Waals surface area contributed by atoms with E-state index in [-0.39, 0.29) is 5.91 Å². The minimum Gasteiger partial charge on any atom is -0.467 e. The molecule has 3 aromatic rings. The first-order chi connectivity index (χ1) is 14.2. The lowest BCUT2D eigenvalue weighted by Gasteiger charge is -2.32. The maximum Gasteiger partial charge on any atom is 0.257 e. The number of aromatic nitrogens is 1.